The highest BCUT2D eigenvalue weighted by Gasteiger charge is 2.13. The predicted octanol–water partition coefficient (Wildman–Crippen LogP) is 1.78. The average molecular weight is 221 g/mol. The van der Waals surface area contributed by atoms with Gasteiger partial charge in [0.15, 0.2) is 5.69 Å². The molecule has 0 amide bonds. The molecule has 1 aromatic heterocycles. The van der Waals surface area contributed by atoms with Crippen LogP contribution in [0.25, 0.3) is 0 Å². The van der Waals surface area contributed by atoms with Crippen LogP contribution in [0, 0.1) is 17.2 Å². The van der Waals surface area contributed by atoms with Gasteiger partial charge in [-0.1, -0.05) is 0 Å². The van der Waals surface area contributed by atoms with E-state index in [-0.39, 0.29) is 24.3 Å². The topological polar surface area (TPSA) is 67.9 Å². The zero-order chi connectivity index (χ0) is 12.1. The fourth-order valence-corrected chi connectivity index (χ4v) is 1.05. The second-order valence-electron chi connectivity index (χ2n) is 3.90. The Labute approximate surface area is 94.6 Å². The van der Waals surface area contributed by atoms with E-state index < -0.39 is 5.97 Å². The summed E-state index contributed by atoms with van der Waals surface area (Å²) >= 11 is 0. The smallest absolute Gasteiger partial charge is 0.358 e. The first-order valence-electron chi connectivity index (χ1n) is 5.16. The van der Waals surface area contributed by atoms with Crippen LogP contribution in [0.4, 0.5) is 0 Å². The lowest BCUT2D eigenvalue weighted by molar-refractivity contribution is 0.0467. The lowest BCUT2D eigenvalue weighted by Gasteiger charge is -2.05. The van der Waals surface area contributed by atoms with Gasteiger partial charge in [0.1, 0.15) is 6.61 Å². The zero-order valence-electron chi connectivity index (χ0n) is 9.67. The van der Waals surface area contributed by atoms with Crippen LogP contribution in [-0.2, 0) is 4.74 Å². The fraction of sp³-hybridized carbons (Fsp3) is 0.545. The van der Waals surface area contributed by atoms with Gasteiger partial charge >= 0.3 is 5.97 Å². The maximum Gasteiger partial charge on any atom is 0.358 e. The Kier molecular flexibility index (Phi) is 4.06. The normalized spacial score (nSPS) is 12.2. The van der Waals surface area contributed by atoms with Crippen LogP contribution in [0.3, 0.4) is 0 Å². The summed E-state index contributed by atoms with van der Waals surface area (Å²) in [6, 6.07) is 3.81. The van der Waals surface area contributed by atoms with Crippen LogP contribution in [0.2, 0.25) is 0 Å². The highest BCUT2D eigenvalue weighted by atomic mass is 16.5. The van der Waals surface area contributed by atoms with Crippen molar-refractivity contribution in [1.82, 2.24) is 9.78 Å². The van der Waals surface area contributed by atoms with Crippen molar-refractivity contribution in [2.24, 2.45) is 5.92 Å². The van der Waals surface area contributed by atoms with Gasteiger partial charge in [0.25, 0.3) is 0 Å². The van der Waals surface area contributed by atoms with E-state index in [1.54, 1.807) is 23.9 Å². The molecule has 86 valence electrons. The van der Waals surface area contributed by atoms with Crippen LogP contribution in [0.5, 0.6) is 0 Å². The molecule has 0 aliphatic rings. The maximum atomic E-state index is 11.5. The highest BCUT2D eigenvalue weighted by molar-refractivity contribution is 5.87. The van der Waals surface area contributed by atoms with Crippen molar-refractivity contribution < 1.29 is 9.53 Å². The predicted molar refractivity (Wildman–Crippen MR) is 57.7 cm³/mol. The molecule has 0 fully saturated rings. The number of hydrogen-bond acceptors (Lipinski definition) is 4. The van der Waals surface area contributed by atoms with Crippen molar-refractivity contribution in [1.29, 1.82) is 5.26 Å². The van der Waals surface area contributed by atoms with E-state index in [9.17, 15) is 4.79 Å². The SMILES string of the molecule is CC(C#N)COC(=O)c1ccn(C(C)C)n1. The molecule has 0 spiro atoms. The van der Waals surface area contributed by atoms with E-state index in [1.165, 1.54) is 0 Å². The zero-order valence-corrected chi connectivity index (χ0v) is 9.67. The number of aromatic nitrogens is 2. The Morgan fingerprint density at radius 1 is 1.62 bits per heavy atom. The molecule has 0 aliphatic heterocycles. The number of ether oxygens (including phenoxy) is 1. The van der Waals surface area contributed by atoms with Crippen LogP contribution < -0.4 is 0 Å². The second-order valence-corrected chi connectivity index (χ2v) is 3.90. The molecule has 0 aromatic carbocycles. The van der Waals surface area contributed by atoms with Gasteiger partial charge in [0.2, 0.25) is 0 Å². The van der Waals surface area contributed by atoms with Crippen molar-refractivity contribution in [2.75, 3.05) is 6.61 Å². The third-order valence-corrected chi connectivity index (χ3v) is 2.03. The molecule has 1 unspecified atom stereocenters. The molecule has 0 radical (unpaired) electrons. The van der Waals surface area contributed by atoms with Crippen LogP contribution in [0.1, 0.15) is 37.3 Å². The molecule has 1 heterocycles. The lowest BCUT2D eigenvalue weighted by atomic mass is 10.2. The first kappa shape index (κ1) is 12.2. The van der Waals surface area contributed by atoms with E-state index in [2.05, 4.69) is 5.10 Å². The first-order chi connectivity index (χ1) is 7.54. The molecule has 1 rings (SSSR count). The molecule has 0 N–H and O–H groups in total. The molecule has 0 bridgehead atoms. The number of carbonyl (C=O) groups excluding carboxylic acids is 1. The average Bonchev–Trinajstić information content (AvgIpc) is 2.74. The minimum Gasteiger partial charge on any atom is -0.460 e. The largest absolute Gasteiger partial charge is 0.460 e. The second kappa shape index (κ2) is 5.31. The molecular formula is C11H15N3O2. The summed E-state index contributed by atoms with van der Waals surface area (Å²) in [5.74, 6) is -0.780. The Morgan fingerprint density at radius 2 is 2.31 bits per heavy atom. The van der Waals surface area contributed by atoms with E-state index in [0.29, 0.717) is 0 Å². The number of esters is 1. The van der Waals surface area contributed by atoms with Crippen molar-refractivity contribution >= 4 is 5.97 Å². The van der Waals surface area contributed by atoms with Crippen molar-refractivity contribution in [3.05, 3.63) is 18.0 Å². The Balaban J connectivity index is 2.57. The maximum absolute atomic E-state index is 11.5. The van der Waals surface area contributed by atoms with Crippen LogP contribution in [-0.4, -0.2) is 22.4 Å². The fourth-order valence-electron chi connectivity index (χ4n) is 1.05. The summed E-state index contributed by atoms with van der Waals surface area (Å²) in [5.41, 5.74) is 0.277. The van der Waals surface area contributed by atoms with Crippen LogP contribution in [0.15, 0.2) is 12.3 Å². The van der Waals surface area contributed by atoms with Crippen LogP contribution >= 0.6 is 0 Å². The van der Waals surface area contributed by atoms with Gasteiger partial charge < -0.3 is 4.74 Å². The third kappa shape index (κ3) is 3.09. The third-order valence-electron chi connectivity index (χ3n) is 2.03. The summed E-state index contributed by atoms with van der Waals surface area (Å²) in [7, 11) is 0. The Hall–Kier alpha value is -1.83. The highest BCUT2D eigenvalue weighted by Crippen LogP contribution is 2.06. The minimum absolute atomic E-state index is 0.101. The molecule has 5 heteroatoms. The number of rotatable bonds is 4. The van der Waals surface area contributed by atoms with Crippen molar-refractivity contribution in [2.45, 2.75) is 26.8 Å². The molecule has 1 aromatic rings. The first-order valence-corrected chi connectivity index (χ1v) is 5.16. The Morgan fingerprint density at radius 3 is 2.81 bits per heavy atom. The van der Waals surface area contributed by atoms with Gasteiger partial charge in [-0.25, -0.2) is 4.79 Å². The van der Waals surface area contributed by atoms with Gasteiger partial charge in [-0.05, 0) is 26.8 Å². The number of carbonyl (C=O) groups is 1. The van der Waals surface area contributed by atoms with E-state index >= 15 is 0 Å². The molecular weight excluding hydrogens is 206 g/mol. The molecule has 0 saturated heterocycles. The molecule has 1 atom stereocenters. The minimum atomic E-state index is -0.485. The molecule has 5 nitrogen and oxygen atoms in total. The summed E-state index contributed by atoms with van der Waals surface area (Å²) < 4.78 is 6.62. The monoisotopic (exact) mass is 221 g/mol. The van der Waals surface area contributed by atoms with Crippen molar-refractivity contribution in [3.63, 3.8) is 0 Å². The lowest BCUT2D eigenvalue weighted by Crippen LogP contribution is -2.12. The summed E-state index contributed by atoms with van der Waals surface area (Å²) in [6.07, 6.45) is 1.73. The number of nitrogens with zero attached hydrogens (tertiary/aromatic N) is 3. The standard InChI is InChI=1S/C11H15N3O2/c1-8(2)14-5-4-10(13-14)11(15)16-7-9(3)6-12/h4-5,8-9H,7H2,1-3H3. The molecule has 16 heavy (non-hydrogen) atoms. The summed E-state index contributed by atoms with van der Waals surface area (Å²) in [4.78, 5) is 11.5. The van der Waals surface area contributed by atoms with Crippen molar-refractivity contribution in [3.8, 4) is 6.07 Å². The molecule has 0 aliphatic carbocycles. The summed E-state index contributed by atoms with van der Waals surface area (Å²) in [6.45, 7) is 5.74. The summed E-state index contributed by atoms with van der Waals surface area (Å²) in [5, 5.41) is 12.6. The van der Waals surface area contributed by atoms with E-state index in [4.69, 9.17) is 10.00 Å². The van der Waals surface area contributed by atoms with Gasteiger partial charge in [-0.2, -0.15) is 10.4 Å². The molecule has 0 saturated carbocycles. The number of hydrogen-bond donors (Lipinski definition) is 0. The van der Waals surface area contributed by atoms with E-state index in [0.717, 1.165) is 0 Å². The van der Waals surface area contributed by atoms with E-state index in [1.807, 2.05) is 19.9 Å². The number of nitriles is 1. The quantitative estimate of drug-likeness (QED) is 0.727. The van der Waals surface area contributed by atoms with Gasteiger partial charge in [-0.15, -0.1) is 0 Å². The van der Waals surface area contributed by atoms with Gasteiger partial charge in [0.05, 0.1) is 12.0 Å². The van der Waals surface area contributed by atoms with Gasteiger partial charge in [0, 0.05) is 12.2 Å². The van der Waals surface area contributed by atoms with Gasteiger partial charge in [-0.3, -0.25) is 4.68 Å². The Bertz CT molecular complexity index is 404.